The lowest BCUT2D eigenvalue weighted by molar-refractivity contribution is 0.0692. The van der Waals surface area contributed by atoms with Crippen LogP contribution < -0.4 is 5.32 Å². The molecule has 5 nitrogen and oxygen atoms in total. The lowest BCUT2D eigenvalue weighted by Crippen LogP contribution is -2.07. The molecule has 2 N–H and O–H groups in total. The number of carboxylic acid groups (broad SMARTS) is 1. The average Bonchev–Trinajstić information content (AvgIpc) is 2.72. The molecule has 1 heterocycles. The van der Waals surface area contributed by atoms with Crippen molar-refractivity contribution in [2.45, 2.75) is 6.54 Å². The third-order valence-corrected chi connectivity index (χ3v) is 2.57. The van der Waals surface area contributed by atoms with E-state index in [4.69, 9.17) is 5.11 Å². The van der Waals surface area contributed by atoms with Gasteiger partial charge < -0.3 is 15.0 Å². The van der Waals surface area contributed by atoms with E-state index in [2.05, 4.69) is 10.3 Å². The number of nitrogens with zero attached hydrogens (tertiary/aromatic N) is 2. The Bertz CT molecular complexity index is 580. The Morgan fingerprint density at radius 1 is 1.56 bits per heavy atom. The SMILES string of the molecule is Cn1ccnc1CNc1ccc(C(=O)O)c(F)c1. The maximum atomic E-state index is 13.4. The molecule has 0 atom stereocenters. The van der Waals surface area contributed by atoms with Gasteiger partial charge in [0, 0.05) is 25.1 Å². The van der Waals surface area contributed by atoms with E-state index in [0.29, 0.717) is 12.2 Å². The summed E-state index contributed by atoms with van der Waals surface area (Å²) >= 11 is 0. The van der Waals surface area contributed by atoms with Crippen LogP contribution in [0.25, 0.3) is 0 Å². The molecule has 0 radical (unpaired) electrons. The molecule has 0 unspecified atom stereocenters. The summed E-state index contributed by atoms with van der Waals surface area (Å²) in [4.78, 5) is 14.8. The zero-order chi connectivity index (χ0) is 13.1. The number of anilines is 1. The molecule has 0 saturated heterocycles. The molecule has 1 aromatic heterocycles. The van der Waals surface area contributed by atoms with Crippen molar-refractivity contribution in [1.82, 2.24) is 9.55 Å². The van der Waals surface area contributed by atoms with E-state index in [9.17, 15) is 9.18 Å². The molecule has 0 amide bonds. The zero-order valence-electron chi connectivity index (χ0n) is 9.72. The first-order valence-corrected chi connectivity index (χ1v) is 5.31. The van der Waals surface area contributed by atoms with E-state index in [0.717, 1.165) is 11.9 Å². The lowest BCUT2D eigenvalue weighted by atomic mass is 10.2. The largest absolute Gasteiger partial charge is 0.478 e. The molecule has 0 aliphatic carbocycles. The van der Waals surface area contributed by atoms with E-state index in [-0.39, 0.29) is 5.56 Å². The second-order valence-electron chi connectivity index (χ2n) is 3.81. The van der Waals surface area contributed by atoms with Crippen molar-refractivity contribution in [2.24, 2.45) is 7.05 Å². The number of rotatable bonds is 4. The van der Waals surface area contributed by atoms with Gasteiger partial charge in [-0.25, -0.2) is 14.2 Å². The highest BCUT2D eigenvalue weighted by Crippen LogP contribution is 2.15. The molecule has 0 aliphatic rings. The van der Waals surface area contributed by atoms with Crippen molar-refractivity contribution in [1.29, 1.82) is 0 Å². The van der Waals surface area contributed by atoms with Crippen molar-refractivity contribution in [3.05, 3.63) is 47.8 Å². The predicted molar refractivity (Wildman–Crippen MR) is 63.9 cm³/mol. The van der Waals surface area contributed by atoms with Gasteiger partial charge >= 0.3 is 5.97 Å². The van der Waals surface area contributed by atoms with Crippen LogP contribution in [0.3, 0.4) is 0 Å². The van der Waals surface area contributed by atoms with Crippen LogP contribution in [0.4, 0.5) is 10.1 Å². The van der Waals surface area contributed by atoms with Crippen molar-refractivity contribution >= 4 is 11.7 Å². The van der Waals surface area contributed by atoms with Crippen LogP contribution in [0.1, 0.15) is 16.2 Å². The fraction of sp³-hybridized carbons (Fsp3) is 0.167. The molecule has 18 heavy (non-hydrogen) atoms. The van der Waals surface area contributed by atoms with E-state index in [1.54, 1.807) is 6.20 Å². The third-order valence-electron chi connectivity index (χ3n) is 2.57. The molecule has 0 fully saturated rings. The summed E-state index contributed by atoms with van der Waals surface area (Å²) in [7, 11) is 1.86. The Balaban J connectivity index is 2.09. The van der Waals surface area contributed by atoms with Gasteiger partial charge in [0.1, 0.15) is 11.6 Å². The second kappa shape index (κ2) is 4.87. The molecule has 6 heteroatoms. The molecule has 2 aromatic rings. The van der Waals surface area contributed by atoms with Crippen LogP contribution in [0.5, 0.6) is 0 Å². The number of aryl methyl sites for hydroxylation is 1. The van der Waals surface area contributed by atoms with Gasteiger partial charge in [-0.05, 0) is 18.2 Å². The van der Waals surface area contributed by atoms with Crippen LogP contribution in [0, 0.1) is 5.82 Å². The summed E-state index contributed by atoms with van der Waals surface area (Å²) in [6.45, 7) is 0.440. The summed E-state index contributed by atoms with van der Waals surface area (Å²) in [6.07, 6.45) is 3.48. The highest BCUT2D eigenvalue weighted by molar-refractivity contribution is 5.88. The zero-order valence-corrected chi connectivity index (χ0v) is 9.72. The van der Waals surface area contributed by atoms with Crippen molar-refractivity contribution in [2.75, 3.05) is 5.32 Å². The summed E-state index contributed by atoms with van der Waals surface area (Å²) in [5, 5.41) is 11.7. The number of nitrogens with one attached hydrogen (secondary N) is 1. The van der Waals surface area contributed by atoms with E-state index in [1.165, 1.54) is 12.1 Å². The summed E-state index contributed by atoms with van der Waals surface area (Å²) in [6, 6.07) is 3.92. The van der Waals surface area contributed by atoms with Gasteiger partial charge in [0.15, 0.2) is 0 Å². The molecule has 0 saturated carbocycles. The fourth-order valence-corrected chi connectivity index (χ4v) is 1.55. The van der Waals surface area contributed by atoms with Crippen LogP contribution in [0.2, 0.25) is 0 Å². The second-order valence-corrected chi connectivity index (χ2v) is 3.81. The normalized spacial score (nSPS) is 10.3. The number of imidazole rings is 1. The van der Waals surface area contributed by atoms with Crippen LogP contribution >= 0.6 is 0 Å². The van der Waals surface area contributed by atoms with Crippen LogP contribution in [-0.2, 0) is 13.6 Å². The Morgan fingerprint density at radius 2 is 2.33 bits per heavy atom. The van der Waals surface area contributed by atoms with E-state index < -0.39 is 11.8 Å². The minimum atomic E-state index is -1.27. The van der Waals surface area contributed by atoms with Gasteiger partial charge in [-0.2, -0.15) is 0 Å². The van der Waals surface area contributed by atoms with E-state index in [1.807, 2.05) is 17.8 Å². The maximum absolute atomic E-state index is 13.4. The Morgan fingerprint density at radius 3 is 2.89 bits per heavy atom. The summed E-state index contributed by atoms with van der Waals surface area (Å²) in [5.74, 6) is -1.23. The number of halogens is 1. The maximum Gasteiger partial charge on any atom is 0.338 e. The molecule has 0 spiro atoms. The quantitative estimate of drug-likeness (QED) is 0.868. The number of aromatic carboxylic acids is 1. The highest BCUT2D eigenvalue weighted by atomic mass is 19.1. The Kier molecular flexibility index (Phi) is 3.27. The van der Waals surface area contributed by atoms with Crippen LogP contribution in [0.15, 0.2) is 30.6 Å². The lowest BCUT2D eigenvalue weighted by Gasteiger charge is -2.07. The van der Waals surface area contributed by atoms with Gasteiger partial charge in [0.2, 0.25) is 0 Å². The molecular formula is C12H12FN3O2. The fourth-order valence-electron chi connectivity index (χ4n) is 1.55. The molecule has 2 rings (SSSR count). The number of benzene rings is 1. The molecule has 0 aliphatic heterocycles. The number of aromatic nitrogens is 2. The number of hydrogen-bond acceptors (Lipinski definition) is 3. The topological polar surface area (TPSA) is 67.2 Å². The van der Waals surface area contributed by atoms with Crippen LogP contribution in [-0.4, -0.2) is 20.6 Å². The molecular weight excluding hydrogens is 237 g/mol. The molecule has 0 bridgehead atoms. The standard InChI is InChI=1S/C12H12FN3O2/c1-16-5-4-14-11(16)7-15-8-2-3-9(12(17)18)10(13)6-8/h2-6,15H,7H2,1H3,(H,17,18). The smallest absolute Gasteiger partial charge is 0.338 e. The first kappa shape index (κ1) is 12.1. The van der Waals surface area contributed by atoms with Gasteiger partial charge in [0.25, 0.3) is 0 Å². The van der Waals surface area contributed by atoms with Gasteiger partial charge in [-0.3, -0.25) is 0 Å². The van der Waals surface area contributed by atoms with Gasteiger partial charge in [0.05, 0.1) is 12.1 Å². The molecule has 1 aromatic carbocycles. The minimum Gasteiger partial charge on any atom is -0.478 e. The monoisotopic (exact) mass is 249 g/mol. The third kappa shape index (κ3) is 2.48. The first-order chi connectivity index (χ1) is 8.58. The Hall–Kier alpha value is -2.37. The van der Waals surface area contributed by atoms with Gasteiger partial charge in [-0.1, -0.05) is 0 Å². The van der Waals surface area contributed by atoms with Crippen molar-refractivity contribution in [3.8, 4) is 0 Å². The van der Waals surface area contributed by atoms with Gasteiger partial charge in [-0.15, -0.1) is 0 Å². The number of carboxylic acids is 1. The summed E-state index contributed by atoms with van der Waals surface area (Å²) < 4.78 is 15.2. The minimum absolute atomic E-state index is 0.336. The Labute approximate surface area is 103 Å². The van der Waals surface area contributed by atoms with E-state index >= 15 is 0 Å². The van der Waals surface area contributed by atoms with Crippen molar-refractivity contribution in [3.63, 3.8) is 0 Å². The molecule has 94 valence electrons. The first-order valence-electron chi connectivity index (χ1n) is 5.31. The number of carbonyl (C=O) groups is 1. The van der Waals surface area contributed by atoms with Crippen molar-refractivity contribution < 1.29 is 14.3 Å². The predicted octanol–water partition coefficient (Wildman–Crippen LogP) is 1.87. The highest BCUT2D eigenvalue weighted by Gasteiger charge is 2.10. The average molecular weight is 249 g/mol. The number of hydrogen-bond donors (Lipinski definition) is 2. The summed E-state index contributed by atoms with van der Waals surface area (Å²) in [5.41, 5.74) is 0.179.